The lowest BCUT2D eigenvalue weighted by Gasteiger charge is -2.42. The van der Waals surface area contributed by atoms with Crippen LogP contribution in [0, 0.1) is 30.0 Å². The number of aromatic nitrogens is 2. The van der Waals surface area contributed by atoms with Crippen molar-refractivity contribution < 1.29 is 31.5 Å². The number of rotatable bonds is 5. The van der Waals surface area contributed by atoms with E-state index in [2.05, 4.69) is 16.5 Å². The van der Waals surface area contributed by atoms with Crippen molar-refractivity contribution in [2.24, 2.45) is 5.92 Å². The Balaban J connectivity index is 1.77. The second-order valence-electron chi connectivity index (χ2n) is 10.2. The molecule has 1 aliphatic heterocycles. The zero-order valence-electron chi connectivity index (χ0n) is 22.3. The number of benzene rings is 1. The van der Waals surface area contributed by atoms with Crippen molar-refractivity contribution in [2.75, 3.05) is 37.4 Å². The van der Waals surface area contributed by atoms with Crippen LogP contribution in [-0.2, 0) is 23.8 Å². The predicted molar refractivity (Wildman–Crippen MR) is 137 cm³/mol. The molecule has 2 aliphatic rings. The van der Waals surface area contributed by atoms with Crippen molar-refractivity contribution in [3.8, 4) is 12.1 Å². The first kappa shape index (κ1) is 29.0. The van der Waals surface area contributed by atoms with Crippen molar-refractivity contribution in [2.45, 2.75) is 51.2 Å². The van der Waals surface area contributed by atoms with Crippen LogP contribution in [0.1, 0.15) is 47.2 Å². The molecule has 0 radical (unpaired) electrons. The summed E-state index contributed by atoms with van der Waals surface area (Å²) in [7, 11) is 1.35. The number of piperazine rings is 1. The van der Waals surface area contributed by atoms with Gasteiger partial charge in [0.05, 0.1) is 42.6 Å². The minimum atomic E-state index is -4.79. The Labute approximate surface area is 228 Å². The molecule has 1 aromatic carbocycles. The fraction of sp³-hybridized carbons (Fsp3) is 0.481. The summed E-state index contributed by atoms with van der Waals surface area (Å²) in [5, 5.41) is 9.31. The van der Waals surface area contributed by atoms with E-state index < -0.39 is 52.7 Å². The maximum atomic E-state index is 15.3. The fourth-order valence-corrected chi connectivity index (χ4v) is 5.81. The number of halogens is 5. The summed E-state index contributed by atoms with van der Waals surface area (Å²) in [5.74, 6) is -3.99. The van der Waals surface area contributed by atoms with E-state index in [1.54, 1.807) is 6.92 Å². The lowest BCUT2D eigenvalue weighted by molar-refractivity contribution is -0.139. The molecule has 1 aliphatic carbocycles. The number of methoxy groups -OCH3 is 1. The van der Waals surface area contributed by atoms with E-state index in [1.165, 1.54) is 18.9 Å². The van der Waals surface area contributed by atoms with Crippen molar-refractivity contribution in [3.05, 3.63) is 52.2 Å². The Morgan fingerprint density at radius 2 is 2.00 bits per heavy atom. The third-order valence-electron chi connectivity index (χ3n) is 7.64. The molecule has 214 valence electrons. The lowest BCUT2D eigenvalue weighted by Crippen LogP contribution is -2.55. The van der Waals surface area contributed by atoms with Gasteiger partial charge < -0.3 is 20.3 Å². The molecule has 0 saturated carbocycles. The van der Waals surface area contributed by atoms with Crippen molar-refractivity contribution in [1.82, 2.24) is 14.9 Å². The molecule has 2 aromatic rings. The maximum Gasteiger partial charge on any atom is 0.417 e. The van der Waals surface area contributed by atoms with Crippen LogP contribution >= 0.6 is 0 Å². The van der Waals surface area contributed by atoms with Crippen LogP contribution in [0.3, 0.4) is 0 Å². The number of hydrogen-bond donors (Lipinski definition) is 1. The smallest absolute Gasteiger partial charge is 0.417 e. The van der Waals surface area contributed by atoms with Crippen LogP contribution in [0.25, 0.3) is 0 Å². The zero-order chi connectivity index (χ0) is 29.5. The van der Waals surface area contributed by atoms with Gasteiger partial charge in [0, 0.05) is 30.8 Å². The molecule has 1 saturated heterocycles. The highest BCUT2D eigenvalue weighted by atomic mass is 19.4. The normalized spacial score (nSPS) is 21.0. The number of carbonyl (C=O) groups excluding carboxylic acids is 1. The fourth-order valence-electron chi connectivity index (χ4n) is 5.81. The number of nitrogens with two attached hydrogens (primary N) is 1. The average Bonchev–Trinajstić information content (AvgIpc) is 2.88. The monoisotopic (exact) mass is 564 g/mol. The second-order valence-corrected chi connectivity index (χ2v) is 10.2. The van der Waals surface area contributed by atoms with E-state index >= 15 is 4.39 Å². The van der Waals surface area contributed by atoms with Crippen LogP contribution in [0.15, 0.2) is 18.5 Å². The van der Waals surface area contributed by atoms with Gasteiger partial charge in [-0.15, -0.1) is 0 Å². The predicted octanol–water partition coefficient (Wildman–Crippen LogP) is 4.47. The van der Waals surface area contributed by atoms with E-state index in [4.69, 9.17) is 10.5 Å². The minimum Gasteiger partial charge on any atom is -0.467 e. The molecular weight excluding hydrogens is 535 g/mol. The van der Waals surface area contributed by atoms with E-state index in [1.807, 2.05) is 11.0 Å². The summed E-state index contributed by atoms with van der Waals surface area (Å²) in [6.07, 6.45) is -4.65. The molecule has 0 bridgehead atoms. The first-order valence-electron chi connectivity index (χ1n) is 12.6. The molecule has 0 spiro atoms. The highest BCUT2D eigenvalue weighted by Gasteiger charge is 2.43. The average molecular weight is 565 g/mol. The van der Waals surface area contributed by atoms with Gasteiger partial charge in [0.1, 0.15) is 11.6 Å². The van der Waals surface area contributed by atoms with E-state index in [9.17, 15) is 27.6 Å². The minimum absolute atomic E-state index is 0.0208. The first-order valence-corrected chi connectivity index (χ1v) is 12.6. The molecule has 4 rings (SSSR count). The Morgan fingerprint density at radius 1 is 1.30 bits per heavy atom. The summed E-state index contributed by atoms with van der Waals surface area (Å²) in [5.41, 5.74) is 4.80. The quantitative estimate of drug-likeness (QED) is 0.324. The van der Waals surface area contributed by atoms with Crippen molar-refractivity contribution in [3.63, 3.8) is 0 Å². The van der Waals surface area contributed by atoms with Crippen LogP contribution in [0.4, 0.5) is 33.5 Å². The topological polar surface area (TPSA) is 108 Å². The van der Waals surface area contributed by atoms with Crippen molar-refractivity contribution in [1.29, 1.82) is 5.26 Å². The summed E-state index contributed by atoms with van der Waals surface area (Å²) < 4.78 is 76.6. The second kappa shape index (κ2) is 10.9. The Kier molecular flexibility index (Phi) is 7.92. The van der Waals surface area contributed by atoms with Gasteiger partial charge in [0.25, 0.3) is 5.91 Å². The standard InChI is InChI=1S/C27H29F5N6O2/c1-13-9-18-20(11-17(13)21-22(27(30,31)32)14(2)10-19(34)23(21)29)35-26(40-4)36-24(18)37-7-8-38(25(39)15(3)28)16(12-37)5-6-33/h10,13,16-17H,3,5,7-9,11-12,34H2,1-2,4H3/t13-,16?,17?/m1/s1. The first-order chi connectivity index (χ1) is 18.8. The summed E-state index contributed by atoms with van der Waals surface area (Å²) in [6, 6.07) is 2.32. The third kappa shape index (κ3) is 5.26. The van der Waals surface area contributed by atoms with Crippen molar-refractivity contribution >= 4 is 17.4 Å². The van der Waals surface area contributed by atoms with Crippen LogP contribution in [0.5, 0.6) is 6.01 Å². The zero-order valence-corrected chi connectivity index (χ0v) is 22.3. The summed E-state index contributed by atoms with van der Waals surface area (Å²) in [6.45, 7) is 6.55. The number of nitrogens with zero attached hydrogens (tertiary/aromatic N) is 5. The number of nitrogen functional groups attached to an aromatic ring is 1. The lowest BCUT2D eigenvalue weighted by atomic mass is 9.73. The van der Waals surface area contributed by atoms with Gasteiger partial charge in [-0.3, -0.25) is 4.79 Å². The van der Waals surface area contributed by atoms with Crippen LogP contribution < -0.4 is 15.4 Å². The van der Waals surface area contributed by atoms with Gasteiger partial charge in [0.15, 0.2) is 5.83 Å². The Hall–Kier alpha value is -3.95. The van der Waals surface area contributed by atoms with Crippen LogP contribution in [0.2, 0.25) is 0 Å². The number of amides is 1. The van der Waals surface area contributed by atoms with E-state index in [0.29, 0.717) is 17.1 Å². The highest BCUT2D eigenvalue weighted by molar-refractivity contribution is 5.91. The largest absolute Gasteiger partial charge is 0.467 e. The molecule has 3 atom stereocenters. The summed E-state index contributed by atoms with van der Waals surface area (Å²) in [4.78, 5) is 24.3. The number of aryl methyl sites for hydroxylation is 1. The molecule has 8 nitrogen and oxygen atoms in total. The molecule has 13 heteroatoms. The van der Waals surface area contributed by atoms with E-state index in [0.717, 1.165) is 6.07 Å². The number of fused-ring (bicyclic) bond motifs is 1. The van der Waals surface area contributed by atoms with Gasteiger partial charge >= 0.3 is 12.2 Å². The molecule has 2 N–H and O–H groups in total. The molecular formula is C27H29F5N6O2. The van der Waals surface area contributed by atoms with E-state index in [-0.39, 0.29) is 56.2 Å². The Bertz CT molecular complexity index is 1390. The van der Waals surface area contributed by atoms with Crippen LogP contribution in [-0.4, -0.2) is 53.6 Å². The van der Waals surface area contributed by atoms with Gasteiger partial charge in [-0.1, -0.05) is 13.5 Å². The van der Waals surface area contributed by atoms with Gasteiger partial charge in [-0.2, -0.15) is 28.4 Å². The molecule has 1 aromatic heterocycles. The molecule has 40 heavy (non-hydrogen) atoms. The van der Waals surface area contributed by atoms with Gasteiger partial charge in [-0.25, -0.2) is 8.78 Å². The number of hydrogen-bond acceptors (Lipinski definition) is 7. The van der Waals surface area contributed by atoms with Gasteiger partial charge in [-0.05, 0) is 43.2 Å². The molecule has 2 heterocycles. The maximum absolute atomic E-state index is 15.3. The number of nitriles is 1. The number of carbonyl (C=O) groups is 1. The molecule has 1 fully saturated rings. The molecule has 1 amide bonds. The number of alkyl halides is 3. The summed E-state index contributed by atoms with van der Waals surface area (Å²) >= 11 is 0. The SMILES string of the molecule is C=C(F)C(=O)N1CCN(c2nc(OC)nc3c2C[C@@H](C)C(c2c(F)c(N)cc(C)c2C(F)(F)F)C3)CC1CC#N. The Morgan fingerprint density at radius 3 is 2.60 bits per heavy atom. The number of ether oxygens (including phenoxy) is 1. The number of anilines is 2. The third-order valence-corrected chi connectivity index (χ3v) is 7.64. The molecule has 2 unspecified atom stereocenters. The van der Waals surface area contributed by atoms with Gasteiger partial charge in [0.2, 0.25) is 0 Å². The highest BCUT2D eigenvalue weighted by Crippen LogP contribution is 2.47.